The summed E-state index contributed by atoms with van der Waals surface area (Å²) in [6.45, 7) is 4.64. The molecule has 1 saturated carbocycles. The fourth-order valence-corrected chi connectivity index (χ4v) is 4.10. The lowest BCUT2D eigenvalue weighted by atomic mass is 9.63. The van der Waals surface area contributed by atoms with E-state index in [1.807, 2.05) is 0 Å². The number of hydrogen-bond donors (Lipinski definition) is 1. The quantitative estimate of drug-likeness (QED) is 0.772. The number of benzene rings is 1. The molecule has 1 fully saturated rings. The van der Waals surface area contributed by atoms with Crippen molar-refractivity contribution in [3.63, 3.8) is 0 Å². The van der Waals surface area contributed by atoms with Gasteiger partial charge in [-0.25, -0.2) is 0 Å². The predicted molar refractivity (Wildman–Crippen MR) is 87.9 cm³/mol. The smallest absolute Gasteiger partial charge is 0.0139 e. The number of rotatable bonds is 6. The van der Waals surface area contributed by atoms with Gasteiger partial charge in [0.05, 0.1) is 0 Å². The first-order valence-electron chi connectivity index (χ1n) is 8.50. The maximum Gasteiger partial charge on any atom is 0.0139 e. The van der Waals surface area contributed by atoms with Gasteiger partial charge in [-0.05, 0) is 30.7 Å². The Morgan fingerprint density at radius 1 is 1.10 bits per heavy atom. The van der Waals surface area contributed by atoms with Crippen LogP contribution in [0.2, 0.25) is 0 Å². The average Bonchev–Trinajstić information content (AvgIpc) is 2.49. The molecular formula is C19H31N. The molecule has 0 radical (unpaired) electrons. The van der Waals surface area contributed by atoms with Crippen molar-refractivity contribution >= 4 is 0 Å². The van der Waals surface area contributed by atoms with Gasteiger partial charge in [0.15, 0.2) is 0 Å². The normalized spacial score (nSPS) is 21.4. The van der Waals surface area contributed by atoms with E-state index in [4.69, 9.17) is 5.73 Å². The van der Waals surface area contributed by atoms with Gasteiger partial charge >= 0.3 is 0 Å². The monoisotopic (exact) mass is 273 g/mol. The molecule has 1 nitrogen and oxygen atoms in total. The SMILES string of the molecule is CCCC(C)CC(N)C1(c2ccccc2)CCCCC1. The van der Waals surface area contributed by atoms with E-state index in [1.165, 1.54) is 56.9 Å². The zero-order chi connectivity index (χ0) is 14.4. The Balaban J connectivity index is 2.18. The molecule has 0 aromatic heterocycles. The predicted octanol–water partition coefficient (Wildman–Crippen LogP) is 5.04. The Labute approximate surface area is 125 Å². The number of nitrogens with two attached hydrogens (primary N) is 1. The topological polar surface area (TPSA) is 26.0 Å². The van der Waals surface area contributed by atoms with Crippen LogP contribution in [0.25, 0.3) is 0 Å². The largest absolute Gasteiger partial charge is 0.327 e. The highest BCUT2D eigenvalue weighted by Gasteiger charge is 2.39. The van der Waals surface area contributed by atoms with E-state index in [2.05, 4.69) is 44.2 Å². The van der Waals surface area contributed by atoms with Crippen molar-refractivity contribution in [2.45, 2.75) is 76.7 Å². The first-order chi connectivity index (χ1) is 9.69. The highest BCUT2D eigenvalue weighted by molar-refractivity contribution is 5.28. The van der Waals surface area contributed by atoms with Gasteiger partial charge in [-0.15, -0.1) is 0 Å². The summed E-state index contributed by atoms with van der Waals surface area (Å²) in [5.41, 5.74) is 8.47. The van der Waals surface area contributed by atoms with E-state index in [0.29, 0.717) is 6.04 Å². The molecular weight excluding hydrogens is 242 g/mol. The third-order valence-electron chi connectivity index (χ3n) is 5.24. The molecule has 0 aliphatic heterocycles. The van der Waals surface area contributed by atoms with Crippen LogP contribution in [0.15, 0.2) is 30.3 Å². The van der Waals surface area contributed by atoms with Gasteiger partial charge in [-0.2, -0.15) is 0 Å². The van der Waals surface area contributed by atoms with Gasteiger partial charge in [-0.3, -0.25) is 0 Å². The van der Waals surface area contributed by atoms with Crippen LogP contribution in [-0.2, 0) is 5.41 Å². The molecule has 0 amide bonds. The third-order valence-corrected chi connectivity index (χ3v) is 5.24. The minimum atomic E-state index is 0.238. The van der Waals surface area contributed by atoms with Crippen LogP contribution in [0.1, 0.15) is 70.8 Å². The molecule has 1 aromatic carbocycles. The van der Waals surface area contributed by atoms with Gasteiger partial charge in [0, 0.05) is 11.5 Å². The second-order valence-electron chi connectivity index (χ2n) is 6.82. The zero-order valence-electron chi connectivity index (χ0n) is 13.3. The van der Waals surface area contributed by atoms with Gasteiger partial charge in [0.2, 0.25) is 0 Å². The second-order valence-corrected chi connectivity index (χ2v) is 6.82. The van der Waals surface area contributed by atoms with Crippen LogP contribution in [-0.4, -0.2) is 6.04 Å². The van der Waals surface area contributed by atoms with Crippen molar-refractivity contribution in [3.8, 4) is 0 Å². The van der Waals surface area contributed by atoms with E-state index >= 15 is 0 Å². The van der Waals surface area contributed by atoms with Gasteiger partial charge in [-0.1, -0.05) is 76.3 Å². The molecule has 0 bridgehead atoms. The first kappa shape index (κ1) is 15.6. The van der Waals surface area contributed by atoms with E-state index in [-0.39, 0.29) is 5.41 Å². The van der Waals surface area contributed by atoms with Crippen molar-refractivity contribution in [2.75, 3.05) is 0 Å². The molecule has 0 saturated heterocycles. The minimum absolute atomic E-state index is 0.238. The zero-order valence-corrected chi connectivity index (χ0v) is 13.3. The summed E-state index contributed by atoms with van der Waals surface area (Å²) in [7, 11) is 0. The van der Waals surface area contributed by atoms with E-state index in [1.54, 1.807) is 0 Å². The average molecular weight is 273 g/mol. The van der Waals surface area contributed by atoms with Crippen LogP contribution >= 0.6 is 0 Å². The molecule has 1 aliphatic carbocycles. The molecule has 0 heterocycles. The molecule has 1 aromatic rings. The van der Waals surface area contributed by atoms with Gasteiger partial charge in [0.1, 0.15) is 0 Å². The third kappa shape index (κ3) is 3.44. The number of hydrogen-bond acceptors (Lipinski definition) is 1. The van der Waals surface area contributed by atoms with Gasteiger partial charge in [0.25, 0.3) is 0 Å². The minimum Gasteiger partial charge on any atom is -0.327 e. The maximum absolute atomic E-state index is 6.75. The van der Waals surface area contributed by atoms with Crippen molar-refractivity contribution < 1.29 is 0 Å². The Kier molecular flexibility index (Phi) is 5.65. The molecule has 2 N–H and O–H groups in total. The second kappa shape index (κ2) is 7.26. The Hall–Kier alpha value is -0.820. The molecule has 2 unspecified atom stereocenters. The van der Waals surface area contributed by atoms with Crippen molar-refractivity contribution in [3.05, 3.63) is 35.9 Å². The summed E-state index contributed by atoms with van der Waals surface area (Å²) >= 11 is 0. The Morgan fingerprint density at radius 2 is 1.75 bits per heavy atom. The molecule has 2 atom stereocenters. The summed E-state index contributed by atoms with van der Waals surface area (Å²) in [6, 6.07) is 11.4. The summed E-state index contributed by atoms with van der Waals surface area (Å²) in [4.78, 5) is 0. The fraction of sp³-hybridized carbons (Fsp3) is 0.684. The van der Waals surface area contributed by atoms with Crippen LogP contribution in [0, 0.1) is 5.92 Å². The molecule has 0 spiro atoms. The summed E-state index contributed by atoms with van der Waals surface area (Å²) in [6.07, 6.45) is 10.4. The lowest BCUT2D eigenvalue weighted by Crippen LogP contribution is -2.47. The van der Waals surface area contributed by atoms with E-state index < -0.39 is 0 Å². The summed E-state index contributed by atoms with van der Waals surface area (Å²) < 4.78 is 0. The highest BCUT2D eigenvalue weighted by atomic mass is 14.7. The molecule has 20 heavy (non-hydrogen) atoms. The lowest BCUT2D eigenvalue weighted by molar-refractivity contribution is 0.216. The first-order valence-corrected chi connectivity index (χ1v) is 8.50. The summed E-state index contributed by atoms with van der Waals surface area (Å²) in [5, 5.41) is 0. The van der Waals surface area contributed by atoms with Crippen molar-refractivity contribution in [1.82, 2.24) is 0 Å². The fourth-order valence-electron chi connectivity index (χ4n) is 4.10. The molecule has 1 aliphatic rings. The maximum atomic E-state index is 6.75. The van der Waals surface area contributed by atoms with E-state index in [9.17, 15) is 0 Å². The van der Waals surface area contributed by atoms with Crippen molar-refractivity contribution in [1.29, 1.82) is 0 Å². The molecule has 112 valence electrons. The van der Waals surface area contributed by atoms with Crippen LogP contribution in [0.4, 0.5) is 0 Å². The summed E-state index contributed by atoms with van der Waals surface area (Å²) in [5.74, 6) is 0.748. The van der Waals surface area contributed by atoms with Gasteiger partial charge < -0.3 is 5.73 Å². The molecule has 1 heteroatoms. The Morgan fingerprint density at radius 3 is 2.35 bits per heavy atom. The highest BCUT2D eigenvalue weighted by Crippen LogP contribution is 2.43. The van der Waals surface area contributed by atoms with Crippen LogP contribution < -0.4 is 5.73 Å². The lowest BCUT2D eigenvalue weighted by Gasteiger charge is -2.43. The van der Waals surface area contributed by atoms with Crippen LogP contribution in [0.3, 0.4) is 0 Å². The van der Waals surface area contributed by atoms with E-state index in [0.717, 1.165) is 5.92 Å². The van der Waals surface area contributed by atoms with Crippen LogP contribution in [0.5, 0.6) is 0 Å². The Bertz CT molecular complexity index is 378. The molecule has 2 rings (SSSR count). The standard InChI is InChI=1S/C19H31N/c1-3-10-16(2)15-18(20)19(13-8-5-9-14-19)17-11-6-4-7-12-17/h4,6-7,11-12,16,18H,3,5,8-10,13-15,20H2,1-2H3. The van der Waals surface area contributed by atoms with Crippen molar-refractivity contribution in [2.24, 2.45) is 11.7 Å².